The van der Waals surface area contributed by atoms with Crippen LogP contribution in [0.5, 0.6) is 11.5 Å². The van der Waals surface area contributed by atoms with Crippen molar-refractivity contribution in [3.8, 4) is 11.5 Å². The van der Waals surface area contributed by atoms with Crippen molar-refractivity contribution in [1.82, 2.24) is 0 Å². The quantitative estimate of drug-likeness (QED) is 0.769. The molecule has 2 fully saturated rings. The molecule has 11 heteroatoms. The molecule has 4 rings (SSSR count). The van der Waals surface area contributed by atoms with Gasteiger partial charge in [-0.1, -0.05) is 0 Å². The molecule has 2 aliphatic rings. The molecule has 1 N–H and O–H groups in total. The number of sulfonamides is 1. The zero-order valence-electron chi connectivity index (χ0n) is 15.6. The molecule has 0 unspecified atom stereocenters. The third-order valence-electron chi connectivity index (χ3n) is 5.28. The van der Waals surface area contributed by atoms with Crippen LogP contribution in [0.4, 0.5) is 24.5 Å². The number of hydrogen-bond donors (Lipinski definition) is 1. The molecule has 1 saturated carbocycles. The van der Waals surface area contributed by atoms with E-state index in [-0.39, 0.29) is 24.6 Å². The van der Waals surface area contributed by atoms with Gasteiger partial charge in [0.2, 0.25) is 15.9 Å². The van der Waals surface area contributed by atoms with Crippen molar-refractivity contribution in [2.45, 2.75) is 17.5 Å². The van der Waals surface area contributed by atoms with Crippen molar-refractivity contribution in [3.05, 3.63) is 48.5 Å². The number of methoxy groups -OCH3 is 1. The Morgan fingerprint density at radius 1 is 1.10 bits per heavy atom. The van der Waals surface area contributed by atoms with Crippen molar-refractivity contribution < 1.29 is 35.9 Å². The number of nitrogens with one attached hydrogen (secondary N) is 1. The molecule has 1 heterocycles. The summed E-state index contributed by atoms with van der Waals surface area (Å²) in [6.07, 6.45) is -4.63. The molecule has 7 nitrogen and oxygen atoms in total. The highest BCUT2D eigenvalue weighted by Crippen LogP contribution is 2.58. The maximum Gasteiger partial charge on any atom is 0.573 e. The lowest BCUT2D eigenvalue weighted by molar-refractivity contribution is -0.274. The van der Waals surface area contributed by atoms with Crippen molar-refractivity contribution in [3.63, 3.8) is 0 Å². The number of alkyl halides is 3. The third kappa shape index (κ3) is 3.32. The molecule has 0 aromatic heterocycles. The first-order valence-corrected chi connectivity index (χ1v) is 10.3. The fraction of sp³-hybridized carbons (Fsp3) is 0.316. The number of ether oxygens (including phenoxy) is 2. The Balaban J connectivity index is 1.51. The maximum atomic E-state index is 13.1. The first-order valence-electron chi connectivity index (χ1n) is 8.90. The van der Waals surface area contributed by atoms with Crippen LogP contribution in [0, 0.1) is 5.92 Å². The minimum Gasteiger partial charge on any atom is -0.497 e. The largest absolute Gasteiger partial charge is 0.573 e. The fourth-order valence-electron chi connectivity index (χ4n) is 3.69. The number of rotatable bonds is 5. The standard InChI is InChI=1S/C19H17F3N2O5S/c1-28-15-8-4-14(5-9-15)24-11-12-10-18(12,30(24,26)27)17(25)23-13-2-6-16(7-3-13)29-19(20,21)22/h2-9,12H,10-11H2,1H3,(H,23,25)/t12-,18+/m1/s1. The molecule has 1 saturated heterocycles. The Bertz CT molecular complexity index is 1070. The van der Waals surface area contributed by atoms with Gasteiger partial charge in [0.25, 0.3) is 0 Å². The topological polar surface area (TPSA) is 84.9 Å². The number of carbonyl (C=O) groups excluding carboxylic acids is 1. The van der Waals surface area contributed by atoms with E-state index in [9.17, 15) is 26.4 Å². The highest BCUT2D eigenvalue weighted by atomic mass is 32.2. The zero-order valence-corrected chi connectivity index (χ0v) is 16.5. The Morgan fingerprint density at radius 3 is 2.27 bits per heavy atom. The summed E-state index contributed by atoms with van der Waals surface area (Å²) in [4.78, 5) is 12.8. The van der Waals surface area contributed by atoms with Crippen molar-refractivity contribution in [1.29, 1.82) is 0 Å². The molecular weight excluding hydrogens is 425 g/mol. The predicted molar refractivity (Wildman–Crippen MR) is 102 cm³/mol. The first-order chi connectivity index (χ1) is 14.1. The Morgan fingerprint density at radius 2 is 1.70 bits per heavy atom. The Hall–Kier alpha value is -2.95. The van der Waals surface area contributed by atoms with E-state index in [0.29, 0.717) is 11.4 Å². The minimum absolute atomic E-state index is 0.174. The number of nitrogens with zero attached hydrogens (tertiary/aromatic N) is 1. The van der Waals surface area contributed by atoms with Gasteiger partial charge in [0.1, 0.15) is 11.5 Å². The third-order valence-corrected chi connectivity index (χ3v) is 7.82. The summed E-state index contributed by atoms with van der Waals surface area (Å²) < 4.78 is 71.5. The lowest BCUT2D eigenvalue weighted by Crippen LogP contribution is -2.42. The summed E-state index contributed by atoms with van der Waals surface area (Å²) in [5.74, 6) is -0.932. The molecule has 0 spiro atoms. The van der Waals surface area contributed by atoms with Crippen LogP contribution in [-0.2, 0) is 14.8 Å². The average Bonchev–Trinajstić information content (AvgIpc) is 3.38. The fourth-order valence-corrected chi connectivity index (χ4v) is 6.06. The molecular formula is C19H17F3N2O5S. The van der Waals surface area contributed by atoms with Gasteiger partial charge >= 0.3 is 6.36 Å². The van der Waals surface area contributed by atoms with Gasteiger partial charge < -0.3 is 14.8 Å². The van der Waals surface area contributed by atoms with E-state index < -0.39 is 32.8 Å². The molecule has 2 atom stereocenters. The van der Waals surface area contributed by atoms with Crippen LogP contribution < -0.4 is 19.1 Å². The molecule has 160 valence electrons. The van der Waals surface area contributed by atoms with E-state index in [4.69, 9.17) is 4.74 Å². The van der Waals surface area contributed by atoms with Gasteiger partial charge in [0.15, 0.2) is 4.75 Å². The first kappa shape index (κ1) is 20.3. The Labute approximate surface area is 170 Å². The van der Waals surface area contributed by atoms with Gasteiger partial charge in [-0.25, -0.2) is 8.42 Å². The summed E-state index contributed by atoms with van der Waals surface area (Å²) >= 11 is 0. The number of carbonyl (C=O) groups is 1. The number of amides is 1. The van der Waals surface area contributed by atoms with Gasteiger partial charge in [-0.2, -0.15) is 0 Å². The Kier molecular flexibility index (Phi) is 4.60. The monoisotopic (exact) mass is 442 g/mol. The average molecular weight is 442 g/mol. The molecule has 2 aromatic carbocycles. The SMILES string of the molecule is COc1ccc(N2C[C@H]3C[C@]3(C(=O)Nc3ccc(OC(F)(F)F)cc3)S2(=O)=O)cc1. The predicted octanol–water partition coefficient (Wildman–Crippen LogP) is 3.14. The van der Waals surface area contributed by atoms with Crippen LogP contribution in [-0.4, -0.2) is 39.1 Å². The van der Waals surface area contributed by atoms with E-state index in [1.54, 1.807) is 24.3 Å². The van der Waals surface area contributed by atoms with Crippen molar-refractivity contribution in [2.75, 3.05) is 23.3 Å². The molecule has 1 aliphatic heterocycles. The second kappa shape index (κ2) is 6.79. The van der Waals surface area contributed by atoms with Crippen LogP contribution in [0.1, 0.15) is 6.42 Å². The molecule has 30 heavy (non-hydrogen) atoms. The number of fused-ring (bicyclic) bond motifs is 1. The normalized spacial score (nSPS) is 24.1. The van der Waals surface area contributed by atoms with Crippen LogP contribution in [0.3, 0.4) is 0 Å². The molecule has 1 amide bonds. The minimum atomic E-state index is -4.83. The summed E-state index contributed by atoms with van der Waals surface area (Å²) in [7, 11) is -2.47. The van der Waals surface area contributed by atoms with Crippen molar-refractivity contribution in [2.24, 2.45) is 5.92 Å². The van der Waals surface area contributed by atoms with E-state index in [0.717, 1.165) is 12.1 Å². The summed E-state index contributed by atoms with van der Waals surface area (Å²) in [5.41, 5.74) is 0.608. The number of halogens is 3. The van der Waals surface area contributed by atoms with E-state index in [2.05, 4.69) is 10.1 Å². The summed E-state index contributed by atoms with van der Waals surface area (Å²) in [5, 5.41) is 2.50. The summed E-state index contributed by atoms with van der Waals surface area (Å²) in [6, 6.07) is 11.0. The van der Waals surface area contributed by atoms with Gasteiger partial charge in [0.05, 0.1) is 12.8 Å². The molecule has 1 aliphatic carbocycles. The number of hydrogen-bond acceptors (Lipinski definition) is 5. The van der Waals surface area contributed by atoms with E-state index >= 15 is 0 Å². The smallest absolute Gasteiger partial charge is 0.497 e. The van der Waals surface area contributed by atoms with Gasteiger partial charge in [-0.05, 0) is 55.0 Å². The molecule has 0 bridgehead atoms. The highest BCUT2D eigenvalue weighted by Gasteiger charge is 2.75. The van der Waals surface area contributed by atoms with Crippen LogP contribution in [0.25, 0.3) is 0 Å². The lowest BCUT2D eigenvalue weighted by atomic mass is 10.2. The molecule has 0 radical (unpaired) electrons. The maximum absolute atomic E-state index is 13.1. The lowest BCUT2D eigenvalue weighted by Gasteiger charge is -2.23. The van der Waals surface area contributed by atoms with E-state index in [1.165, 1.54) is 23.5 Å². The second-order valence-corrected chi connectivity index (χ2v) is 9.17. The number of benzene rings is 2. The second-order valence-electron chi connectivity index (χ2n) is 7.05. The van der Waals surface area contributed by atoms with Crippen LogP contribution >= 0.6 is 0 Å². The van der Waals surface area contributed by atoms with Crippen LogP contribution in [0.2, 0.25) is 0 Å². The van der Waals surface area contributed by atoms with Crippen LogP contribution in [0.15, 0.2) is 48.5 Å². The van der Waals surface area contributed by atoms with Gasteiger partial charge in [-0.3, -0.25) is 9.10 Å². The zero-order chi connectivity index (χ0) is 21.7. The van der Waals surface area contributed by atoms with E-state index in [1.807, 2.05) is 0 Å². The van der Waals surface area contributed by atoms with Crippen molar-refractivity contribution >= 4 is 27.3 Å². The molecule has 2 aromatic rings. The summed E-state index contributed by atoms with van der Waals surface area (Å²) in [6.45, 7) is 0.181. The highest BCUT2D eigenvalue weighted by molar-refractivity contribution is 7.95. The van der Waals surface area contributed by atoms with Gasteiger partial charge in [0, 0.05) is 18.2 Å². The number of anilines is 2. The van der Waals surface area contributed by atoms with Gasteiger partial charge in [-0.15, -0.1) is 13.2 Å².